The molecule has 0 spiro atoms. The molecule has 16 heavy (non-hydrogen) atoms. The highest BCUT2D eigenvalue weighted by Gasteiger charge is 2.15. The molecular weight excluding hydrogens is 212 g/mol. The smallest absolute Gasteiger partial charge is 0.163 e. The van der Waals surface area contributed by atoms with Gasteiger partial charge in [-0.3, -0.25) is 0 Å². The van der Waals surface area contributed by atoms with E-state index in [1.54, 1.807) is 12.4 Å². The van der Waals surface area contributed by atoms with Gasteiger partial charge in [-0.2, -0.15) is 0 Å². The lowest BCUT2D eigenvalue weighted by molar-refractivity contribution is 0.487. The van der Waals surface area contributed by atoms with Crippen LogP contribution in [-0.4, -0.2) is 9.97 Å². The molecular formula is C11H11F2N3. The molecule has 3 nitrogen and oxygen atoms in total. The van der Waals surface area contributed by atoms with Gasteiger partial charge in [-0.05, 0) is 6.07 Å². The van der Waals surface area contributed by atoms with Gasteiger partial charge in [-0.15, -0.1) is 0 Å². The lowest BCUT2D eigenvalue weighted by atomic mass is 10.0. The van der Waals surface area contributed by atoms with Crippen LogP contribution in [0.2, 0.25) is 0 Å². The quantitative estimate of drug-likeness (QED) is 0.835. The second-order valence-electron chi connectivity index (χ2n) is 3.49. The van der Waals surface area contributed by atoms with Crippen LogP contribution in [0.4, 0.5) is 8.78 Å². The number of hydrogen-bond acceptors (Lipinski definition) is 2. The maximum atomic E-state index is 13.4. The third kappa shape index (κ3) is 2.09. The van der Waals surface area contributed by atoms with Crippen LogP contribution < -0.4 is 5.73 Å². The van der Waals surface area contributed by atoms with Gasteiger partial charge >= 0.3 is 0 Å². The highest BCUT2D eigenvalue weighted by atomic mass is 19.2. The molecule has 0 saturated heterocycles. The molecule has 0 amide bonds. The summed E-state index contributed by atoms with van der Waals surface area (Å²) in [5.74, 6) is -1.12. The molecule has 3 N–H and O–H groups in total. The number of nitrogens with zero attached hydrogens (tertiary/aromatic N) is 1. The van der Waals surface area contributed by atoms with Gasteiger partial charge < -0.3 is 10.7 Å². The van der Waals surface area contributed by atoms with E-state index >= 15 is 0 Å². The van der Waals surface area contributed by atoms with Crippen LogP contribution in [0.1, 0.15) is 17.4 Å². The lowest BCUT2D eigenvalue weighted by Crippen LogP contribution is -2.16. The number of nitrogens with one attached hydrogen (secondary N) is 1. The minimum Gasteiger partial charge on any atom is -0.349 e. The Balaban J connectivity index is 2.21. The predicted octanol–water partition coefficient (Wildman–Crippen LogP) is 1.93. The fourth-order valence-corrected chi connectivity index (χ4v) is 1.53. The third-order valence-electron chi connectivity index (χ3n) is 2.35. The number of halogens is 2. The molecule has 1 aromatic carbocycles. The third-order valence-corrected chi connectivity index (χ3v) is 2.35. The first-order valence-electron chi connectivity index (χ1n) is 4.86. The summed E-state index contributed by atoms with van der Waals surface area (Å²) in [7, 11) is 0. The van der Waals surface area contributed by atoms with Gasteiger partial charge in [0.1, 0.15) is 5.82 Å². The number of imidazole rings is 1. The van der Waals surface area contributed by atoms with E-state index in [-0.39, 0.29) is 5.56 Å². The molecule has 2 aromatic rings. The van der Waals surface area contributed by atoms with Gasteiger partial charge in [0.05, 0.1) is 0 Å². The van der Waals surface area contributed by atoms with E-state index in [2.05, 4.69) is 9.97 Å². The van der Waals surface area contributed by atoms with Gasteiger partial charge in [0.25, 0.3) is 0 Å². The van der Waals surface area contributed by atoms with Crippen molar-refractivity contribution in [2.24, 2.45) is 5.73 Å². The summed E-state index contributed by atoms with van der Waals surface area (Å²) in [6.07, 6.45) is 3.58. The number of aromatic amines is 1. The zero-order valence-corrected chi connectivity index (χ0v) is 8.45. The van der Waals surface area contributed by atoms with Crippen LogP contribution >= 0.6 is 0 Å². The number of aromatic nitrogens is 2. The molecule has 0 aliphatic heterocycles. The second kappa shape index (κ2) is 4.40. The summed E-state index contributed by atoms with van der Waals surface area (Å²) in [6, 6.07) is 3.38. The van der Waals surface area contributed by atoms with Crippen LogP contribution in [0, 0.1) is 11.6 Å². The van der Waals surface area contributed by atoms with E-state index in [0.29, 0.717) is 12.2 Å². The van der Waals surface area contributed by atoms with E-state index in [0.717, 1.165) is 6.07 Å². The molecule has 84 valence electrons. The van der Waals surface area contributed by atoms with Crippen molar-refractivity contribution in [3.8, 4) is 0 Å². The van der Waals surface area contributed by atoms with Crippen LogP contribution in [0.5, 0.6) is 0 Å². The lowest BCUT2D eigenvalue weighted by Gasteiger charge is -2.11. The average molecular weight is 223 g/mol. The Morgan fingerprint density at radius 1 is 1.38 bits per heavy atom. The van der Waals surface area contributed by atoms with Gasteiger partial charge in [-0.25, -0.2) is 13.8 Å². The Kier molecular flexibility index (Phi) is 2.96. The minimum atomic E-state index is -0.887. The van der Waals surface area contributed by atoms with Crippen molar-refractivity contribution in [1.29, 1.82) is 0 Å². The number of benzene rings is 1. The number of hydrogen-bond donors (Lipinski definition) is 2. The van der Waals surface area contributed by atoms with Crippen LogP contribution in [-0.2, 0) is 6.42 Å². The Morgan fingerprint density at radius 2 is 2.19 bits per heavy atom. The Hall–Kier alpha value is -1.75. The van der Waals surface area contributed by atoms with E-state index < -0.39 is 17.7 Å². The SMILES string of the molecule is NC(Cc1ncc[nH]1)c1cccc(F)c1F. The van der Waals surface area contributed by atoms with Crippen molar-refractivity contribution in [2.75, 3.05) is 0 Å². The topological polar surface area (TPSA) is 54.7 Å². The van der Waals surface area contributed by atoms with Crippen molar-refractivity contribution in [2.45, 2.75) is 12.5 Å². The largest absolute Gasteiger partial charge is 0.349 e. The molecule has 0 aliphatic rings. The molecule has 0 radical (unpaired) electrons. The molecule has 1 heterocycles. The summed E-state index contributed by atoms with van der Waals surface area (Å²) < 4.78 is 26.4. The maximum Gasteiger partial charge on any atom is 0.163 e. The van der Waals surface area contributed by atoms with Crippen molar-refractivity contribution in [1.82, 2.24) is 9.97 Å². The molecule has 1 unspecified atom stereocenters. The molecule has 0 fully saturated rings. The maximum absolute atomic E-state index is 13.4. The first-order chi connectivity index (χ1) is 7.68. The summed E-state index contributed by atoms with van der Waals surface area (Å²) in [5.41, 5.74) is 5.95. The molecule has 0 saturated carbocycles. The molecule has 1 aromatic heterocycles. The summed E-state index contributed by atoms with van der Waals surface area (Å²) in [5, 5.41) is 0. The van der Waals surface area contributed by atoms with Crippen molar-refractivity contribution < 1.29 is 8.78 Å². The standard InChI is InChI=1S/C11H11F2N3/c12-8-3-1-2-7(11(8)13)9(14)6-10-15-4-5-16-10/h1-5,9H,6,14H2,(H,15,16). The first kappa shape index (κ1) is 10.8. The van der Waals surface area contributed by atoms with Crippen molar-refractivity contribution in [3.05, 3.63) is 53.6 Å². The number of H-pyrrole nitrogens is 1. The Labute approximate surface area is 91.3 Å². The van der Waals surface area contributed by atoms with E-state index in [1.807, 2.05) is 0 Å². The van der Waals surface area contributed by atoms with Crippen LogP contribution in [0.25, 0.3) is 0 Å². The average Bonchev–Trinajstić information content (AvgIpc) is 2.74. The van der Waals surface area contributed by atoms with Gasteiger partial charge in [0.2, 0.25) is 0 Å². The number of rotatable bonds is 3. The van der Waals surface area contributed by atoms with Gasteiger partial charge in [0, 0.05) is 30.4 Å². The summed E-state index contributed by atoms with van der Waals surface area (Å²) >= 11 is 0. The van der Waals surface area contributed by atoms with E-state index in [1.165, 1.54) is 12.1 Å². The highest BCUT2D eigenvalue weighted by molar-refractivity contribution is 5.23. The normalized spacial score (nSPS) is 12.7. The predicted molar refractivity (Wildman–Crippen MR) is 55.6 cm³/mol. The zero-order valence-electron chi connectivity index (χ0n) is 8.45. The van der Waals surface area contributed by atoms with Crippen LogP contribution in [0.3, 0.4) is 0 Å². The fourth-order valence-electron chi connectivity index (χ4n) is 1.53. The van der Waals surface area contributed by atoms with Crippen molar-refractivity contribution in [3.63, 3.8) is 0 Å². The van der Waals surface area contributed by atoms with E-state index in [4.69, 9.17) is 5.73 Å². The summed E-state index contributed by atoms with van der Waals surface area (Å²) in [4.78, 5) is 6.85. The summed E-state index contributed by atoms with van der Waals surface area (Å²) in [6.45, 7) is 0. The fraction of sp³-hybridized carbons (Fsp3) is 0.182. The first-order valence-corrected chi connectivity index (χ1v) is 4.86. The Morgan fingerprint density at radius 3 is 2.88 bits per heavy atom. The molecule has 0 aliphatic carbocycles. The van der Waals surface area contributed by atoms with Crippen molar-refractivity contribution >= 4 is 0 Å². The molecule has 5 heteroatoms. The zero-order chi connectivity index (χ0) is 11.5. The molecule has 0 bridgehead atoms. The molecule has 2 rings (SSSR count). The second-order valence-corrected chi connectivity index (χ2v) is 3.49. The monoisotopic (exact) mass is 223 g/mol. The minimum absolute atomic E-state index is 0.163. The van der Waals surface area contributed by atoms with Gasteiger partial charge in [-0.1, -0.05) is 12.1 Å². The van der Waals surface area contributed by atoms with Crippen LogP contribution in [0.15, 0.2) is 30.6 Å². The van der Waals surface area contributed by atoms with Gasteiger partial charge in [0.15, 0.2) is 11.6 Å². The Bertz CT molecular complexity index is 468. The number of nitrogens with two attached hydrogens (primary N) is 1. The van der Waals surface area contributed by atoms with E-state index in [9.17, 15) is 8.78 Å². The highest BCUT2D eigenvalue weighted by Crippen LogP contribution is 2.19. The molecule has 1 atom stereocenters.